The van der Waals surface area contributed by atoms with Crippen LogP contribution in [0.2, 0.25) is 0 Å². The van der Waals surface area contributed by atoms with E-state index in [-0.39, 0.29) is 18.6 Å². The fourth-order valence-electron chi connectivity index (χ4n) is 3.45. The zero-order chi connectivity index (χ0) is 20.9. The topological polar surface area (TPSA) is 95.1 Å². The first-order valence-electron chi connectivity index (χ1n) is 8.90. The third-order valence-corrected chi connectivity index (χ3v) is 4.64. The van der Waals surface area contributed by atoms with Crippen molar-refractivity contribution in [2.24, 2.45) is 11.8 Å². The predicted molar refractivity (Wildman–Crippen MR) is 96.0 cm³/mol. The zero-order valence-corrected chi connectivity index (χ0v) is 16.0. The molecule has 1 aliphatic rings. The van der Waals surface area contributed by atoms with Crippen LogP contribution in [-0.2, 0) is 15.0 Å². The van der Waals surface area contributed by atoms with Crippen LogP contribution in [0.15, 0.2) is 24.3 Å². The van der Waals surface area contributed by atoms with Gasteiger partial charge in [-0.3, -0.25) is 0 Å². The highest BCUT2D eigenvalue weighted by atomic mass is 19.1. The van der Waals surface area contributed by atoms with Gasteiger partial charge in [0, 0.05) is 11.5 Å². The highest BCUT2D eigenvalue weighted by Gasteiger charge is 2.54. The lowest BCUT2D eigenvalue weighted by Gasteiger charge is -2.37. The van der Waals surface area contributed by atoms with E-state index in [0.717, 1.165) is 0 Å². The average Bonchev–Trinajstić information content (AvgIpc) is 2.96. The van der Waals surface area contributed by atoms with Gasteiger partial charge in [0.25, 0.3) is 0 Å². The molecule has 1 heterocycles. The minimum absolute atomic E-state index is 0.0915. The van der Waals surface area contributed by atoms with Gasteiger partial charge in [0.15, 0.2) is 0 Å². The molecule has 0 bridgehead atoms. The van der Waals surface area contributed by atoms with E-state index in [4.69, 9.17) is 9.47 Å². The normalized spacial score (nSPS) is 24.4. The second kappa shape index (κ2) is 8.53. The molecule has 0 aliphatic carbocycles. The number of nitrogens with one attached hydrogen (secondary N) is 1. The molecular formula is C20H23F2N3O3. The van der Waals surface area contributed by atoms with E-state index in [2.05, 4.69) is 5.32 Å². The second-order valence-corrected chi connectivity index (χ2v) is 7.73. The minimum Gasteiger partial charge on any atom is -0.444 e. The Bertz CT molecular complexity index is 783. The fraction of sp³-hybridized carbons (Fsp3) is 0.550. The highest BCUT2D eigenvalue weighted by Crippen LogP contribution is 2.44. The van der Waals surface area contributed by atoms with Crippen molar-refractivity contribution in [1.29, 1.82) is 10.5 Å². The molecule has 1 saturated heterocycles. The maximum absolute atomic E-state index is 14.7. The number of ether oxygens (including phenoxy) is 2. The molecule has 0 aromatic heterocycles. The first-order valence-corrected chi connectivity index (χ1v) is 8.90. The fourth-order valence-corrected chi connectivity index (χ4v) is 3.45. The molecule has 1 N–H and O–H groups in total. The molecule has 28 heavy (non-hydrogen) atoms. The summed E-state index contributed by atoms with van der Waals surface area (Å²) >= 11 is 0. The molecule has 0 spiro atoms. The number of benzene rings is 1. The number of nitriles is 2. The molecule has 0 unspecified atom stereocenters. The summed E-state index contributed by atoms with van der Waals surface area (Å²) in [5.74, 6) is -2.52. The summed E-state index contributed by atoms with van der Waals surface area (Å²) in [4.78, 5) is 12.5. The van der Waals surface area contributed by atoms with Crippen molar-refractivity contribution in [3.8, 4) is 12.1 Å². The molecule has 0 radical (unpaired) electrons. The third-order valence-electron chi connectivity index (χ3n) is 4.64. The first kappa shape index (κ1) is 21.6. The van der Waals surface area contributed by atoms with Gasteiger partial charge < -0.3 is 14.8 Å². The Morgan fingerprint density at radius 1 is 1.39 bits per heavy atom. The summed E-state index contributed by atoms with van der Waals surface area (Å²) in [6.45, 7) is 3.92. The molecular weight excluding hydrogens is 368 g/mol. The second-order valence-electron chi connectivity index (χ2n) is 7.73. The molecule has 1 aromatic rings. The van der Waals surface area contributed by atoms with Crippen molar-refractivity contribution in [3.63, 3.8) is 0 Å². The standard InChI is InChI=1S/C20H23F2N3O3/c1-19(2,3)28-18(26)25-20(14-6-4-5-7-16(14)22)12-27-17(9-21)15(20)8-13(10-23)11-24/h4-7,13,15,17H,8-9,12H2,1-3H3,(H,25,26)/t15-,17-,20-/m1/s1. The van der Waals surface area contributed by atoms with E-state index in [1.54, 1.807) is 26.8 Å². The van der Waals surface area contributed by atoms with Crippen LogP contribution < -0.4 is 5.32 Å². The molecule has 150 valence electrons. The van der Waals surface area contributed by atoms with Gasteiger partial charge in [0.2, 0.25) is 0 Å². The molecule has 0 saturated carbocycles. The molecule has 2 rings (SSSR count). The Hall–Kier alpha value is -2.71. The molecule has 3 atom stereocenters. The van der Waals surface area contributed by atoms with Gasteiger partial charge in [-0.05, 0) is 33.3 Å². The summed E-state index contributed by atoms with van der Waals surface area (Å²) in [6.07, 6.45) is -1.92. The van der Waals surface area contributed by atoms with Gasteiger partial charge in [-0.25, -0.2) is 13.6 Å². The molecule has 1 aromatic carbocycles. The van der Waals surface area contributed by atoms with E-state index in [9.17, 15) is 24.1 Å². The maximum atomic E-state index is 14.7. The average molecular weight is 391 g/mol. The number of hydrogen-bond donors (Lipinski definition) is 1. The van der Waals surface area contributed by atoms with Crippen LogP contribution in [0.4, 0.5) is 13.6 Å². The van der Waals surface area contributed by atoms with Crippen molar-refractivity contribution in [1.82, 2.24) is 5.32 Å². The lowest BCUT2D eigenvalue weighted by molar-refractivity contribution is 0.0408. The van der Waals surface area contributed by atoms with Gasteiger partial charge in [0.1, 0.15) is 29.5 Å². The molecule has 8 heteroatoms. The SMILES string of the molecule is CC(C)(C)OC(=O)N[C@@]1(c2ccccc2F)CO[C@H](CF)[C@H]1CC(C#N)C#N. The molecule has 1 fully saturated rings. The number of carbonyl (C=O) groups excluding carboxylic acids is 1. The number of amides is 1. The number of halogens is 2. The number of carbonyl (C=O) groups is 1. The van der Waals surface area contributed by atoms with Crippen LogP contribution in [0.25, 0.3) is 0 Å². The lowest BCUT2D eigenvalue weighted by atomic mass is 9.74. The predicted octanol–water partition coefficient (Wildman–Crippen LogP) is 3.58. The Balaban J connectivity index is 2.53. The Morgan fingerprint density at radius 2 is 2.04 bits per heavy atom. The molecule has 1 aliphatic heterocycles. The zero-order valence-electron chi connectivity index (χ0n) is 16.0. The van der Waals surface area contributed by atoms with Crippen LogP contribution in [-0.4, -0.2) is 31.1 Å². The quantitative estimate of drug-likeness (QED) is 0.828. The van der Waals surface area contributed by atoms with E-state index in [0.29, 0.717) is 0 Å². The smallest absolute Gasteiger partial charge is 0.408 e. The van der Waals surface area contributed by atoms with E-state index < -0.39 is 47.7 Å². The van der Waals surface area contributed by atoms with Crippen LogP contribution in [0.5, 0.6) is 0 Å². The maximum Gasteiger partial charge on any atom is 0.408 e. The number of alkyl carbamates (subject to hydrolysis) is 1. The van der Waals surface area contributed by atoms with E-state index in [1.165, 1.54) is 18.2 Å². The van der Waals surface area contributed by atoms with Crippen molar-refractivity contribution in [3.05, 3.63) is 35.6 Å². The largest absolute Gasteiger partial charge is 0.444 e. The van der Waals surface area contributed by atoms with E-state index in [1.807, 2.05) is 12.1 Å². The van der Waals surface area contributed by atoms with Gasteiger partial charge >= 0.3 is 6.09 Å². The van der Waals surface area contributed by atoms with Crippen LogP contribution in [0, 0.1) is 40.3 Å². The first-order chi connectivity index (χ1) is 13.2. The van der Waals surface area contributed by atoms with Crippen LogP contribution in [0.1, 0.15) is 32.8 Å². The van der Waals surface area contributed by atoms with Gasteiger partial charge in [-0.15, -0.1) is 0 Å². The summed E-state index contributed by atoms with van der Waals surface area (Å²) < 4.78 is 39.2. The number of rotatable bonds is 5. The molecule has 1 amide bonds. The molecule has 6 nitrogen and oxygen atoms in total. The van der Waals surface area contributed by atoms with Crippen molar-refractivity contribution < 1.29 is 23.0 Å². The summed E-state index contributed by atoms with van der Waals surface area (Å²) in [7, 11) is 0. The minimum atomic E-state index is -1.48. The number of nitrogens with zero attached hydrogens (tertiary/aromatic N) is 2. The third kappa shape index (κ3) is 4.58. The lowest BCUT2D eigenvalue weighted by Crippen LogP contribution is -2.54. The number of alkyl halides is 1. The Labute approximate surface area is 163 Å². The highest BCUT2D eigenvalue weighted by molar-refractivity contribution is 5.69. The van der Waals surface area contributed by atoms with Gasteiger partial charge in [-0.2, -0.15) is 10.5 Å². The van der Waals surface area contributed by atoms with E-state index >= 15 is 0 Å². The Morgan fingerprint density at radius 3 is 2.57 bits per heavy atom. The van der Waals surface area contributed by atoms with Gasteiger partial charge in [-0.1, -0.05) is 18.2 Å². The van der Waals surface area contributed by atoms with Crippen LogP contribution >= 0.6 is 0 Å². The summed E-state index contributed by atoms with van der Waals surface area (Å²) in [6, 6.07) is 9.45. The van der Waals surface area contributed by atoms with Gasteiger partial charge in [0.05, 0.1) is 24.8 Å². The van der Waals surface area contributed by atoms with Crippen molar-refractivity contribution >= 4 is 6.09 Å². The number of hydrogen-bond acceptors (Lipinski definition) is 5. The van der Waals surface area contributed by atoms with Crippen molar-refractivity contribution in [2.75, 3.05) is 13.3 Å². The van der Waals surface area contributed by atoms with Crippen LogP contribution in [0.3, 0.4) is 0 Å². The monoisotopic (exact) mass is 391 g/mol. The Kier molecular flexibility index (Phi) is 6.58. The summed E-state index contributed by atoms with van der Waals surface area (Å²) in [5.41, 5.74) is -2.19. The summed E-state index contributed by atoms with van der Waals surface area (Å²) in [5, 5.41) is 21.0. The van der Waals surface area contributed by atoms with Crippen molar-refractivity contribution in [2.45, 2.75) is 44.4 Å².